The highest BCUT2D eigenvalue weighted by atomic mass is 16.5. The Bertz CT molecular complexity index is 271. The van der Waals surface area contributed by atoms with Gasteiger partial charge in [-0.05, 0) is 38.5 Å². The van der Waals surface area contributed by atoms with Crippen LogP contribution in [0, 0.1) is 5.92 Å². The minimum atomic E-state index is 0.302. The summed E-state index contributed by atoms with van der Waals surface area (Å²) in [5.41, 5.74) is 0.302. The second-order valence-electron chi connectivity index (χ2n) is 6.37. The molecule has 1 N–H and O–H groups in total. The van der Waals surface area contributed by atoms with Crippen molar-refractivity contribution in [3.05, 3.63) is 0 Å². The van der Waals surface area contributed by atoms with Gasteiger partial charge in [0.05, 0.1) is 6.61 Å². The van der Waals surface area contributed by atoms with Crippen LogP contribution in [0.25, 0.3) is 0 Å². The number of rotatable bonds is 3. The molecule has 0 aromatic heterocycles. The predicted molar refractivity (Wildman–Crippen MR) is 69.1 cm³/mol. The summed E-state index contributed by atoms with van der Waals surface area (Å²) in [6, 6.07) is 1.45. The van der Waals surface area contributed by atoms with E-state index in [4.69, 9.17) is 4.74 Å². The van der Waals surface area contributed by atoms with E-state index in [0.29, 0.717) is 11.6 Å². The quantitative estimate of drug-likeness (QED) is 0.809. The molecule has 3 fully saturated rings. The zero-order valence-electron chi connectivity index (χ0n) is 11.2. The largest absolute Gasteiger partial charge is 0.379 e. The van der Waals surface area contributed by atoms with Crippen LogP contribution in [0.15, 0.2) is 0 Å². The summed E-state index contributed by atoms with van der Waals surface area (Å²) >= 11 is 0. The first-order chi connectivity index (χ1) is 8.23. The van der Waals surface area contributed by atoms with Crippen LogP contribution in [0.1, 0.15) is 39.5 Å². The molecule has 1 aliphatic carbocycles. The van der Waals surface area contributed by atoms with Gasteiger partial charge in [0.15, 0.2) is 0 Å². The van der Waals surface area contributed by atoms with Crippen LogP contribution in [-0.2, 0) is 4.74 Å². The first-order valence-electron chi connectivity index (χ1n) is 7.31. The molecule has 98 valence electrons. The van der Waals surface area contributed by atoms with Gasteiger partial charge < -0.3 is 10.1 Å². The highest BCUT2D eigenvalue weighted by molar-refractivity contribution is 5.01. The number of nitrogens with zero attached hydrogens (tertiary/aromatic N) is 1. The average molecular weight is 238 g/mol. The molecule has 0 radical (unpaired) electrons. The van der Waals surface area contributed by atoms with Crippen molar-refractivity contribution >= 4 is 0 Å². The van der Waals surface area contributed by atoms with Crippen LogP contribution < -0.4 is 5.32 Å². The molecule has 1 saturated carbocycles. The van der Waals surface area contributed by atoms with Gasteiger partial charge in [0.25, 0.3) is 0 Å². The van der Waals surface area contributed by atoms with Crippen molar-refractivity contribution in [2.75, 3.05) is 26.3 Å². The Morgan fingerprint density at radius 2 is 2.24 bits per heavy atom. The Morgan fingerprint density at radius 3 is 2.82 bits per heavy atom. The van der Waals surface area contributed by atoms with Gasteiger partial charge in [0.1, 0.15) is 0 Å². The van der Waals surface area contributed by atoms with Crippen LogP contribution >= 0.6 is 0 Å². The monoisotopic (exact) mass is 238 g/mol. The van der Waals surface area contributed by atoms with Crippen LogP contribution in [-0.4, -0.2) is 48.8 Å². The van der Waals surface area contributed by atoms with E-state index in [2.05, 4.69) is 24.1 Å². The Hall–Kier alpha value is -0.120. The first-order valence-corrected chi connectivity index (χ1v) is 7.31. The highest BCUT2D eigenvalue weighted by Gasteiger charge is 2.44. The minimum absolute atomic E-state index is 0.302. The molecular formula is C14H26N2O. The molecular weight excluding hydrogens is 212 g/mol. The van der Waals surface area contributed by atoms with Crippen molar-refractivity contribution in [1.29, 1.82) is 0 Å². The van der Waals surface area contributed by atoms with Crippen molar-refractivity contribution in [1.82, 2.24) is 10.2 Å². The van der Waals surface area contributed by atoms with E-state index in [-0.39, 0.29) is 0 Å². The van der Waals surface area contributed by atoms with Gasteiger partial charge in [0, 0.05) is 37.3 Å². The SMILES string of the molecule is CCC1CNC(C2CC2)CN1C1(C)CCOC1. The Labute approximate surface area is 105 Å². The van der Waals surface area contributed by atoms with E-state index in [1.165, 1.54) is 38.8 Å². The maximum atomic E-state index is 5.66. The predicted octanol–water partition coefficient (Wildman–Crippen LogP) is 1.63. The van der Waals surface area contributed by atoms with Gasteiger partial charge in [-0.15, -0.1) is 0 Å². The molecule has 17 heavy (non-hydrogen) atoms. The smallest absolute Gasteiger partial charge is 0.0648 e. The second kappa shape index (κ2) is 4.52. The third kappa shape index (κ3) is 2.25. The summed E-state index contributed by atoms with van der Waals surface area (Å²) in [6.07, 6.45) is 5.34. The summed E-state index contributed by atoms with van der Waals surface area (Å²) in [4.78, 5) is 2.76. The van der Waals surface area contributed by atoms with E-state index >= 15 is 0 Å². The molecule has 3 nitrogen and oxygen atoms in total. The molecule has 3 atom stereocenters. The second-order valence-corrected chi connectivity index (χ2v) is 6.37. The van der Waals surface area contributed by atoms with E-state index in [1.807, 2.05) is 0 Å². The Balaban J connectivity index is 1.72. The topological polar surface area (TPSA) is 24.5 Å². The van der Waals surface area contributed by atoms with Crippen molar-refractivity contribution < 1.29 is 4.74 Å². The molecule has 2 aliphatic heterocycles. The molecule has 2 heterocycles. The van der Waals surface area contributed by atoms with Gasteiger partial charge in [-0.25, -0.2) is 0 Å². The molecule has 0 spiro atoms. The van der Waals surface area contributed by atoms with Crippen molar-refractivity contribution in [2.45, 2.75) is 57.2 Å². The summed E-state index contributed by atoms with van der Waals surface area (Å²) in [5.74, 6) is 0.959. The lowest BCUT2D eigenvalue weighted by atomic mass is 9.92. The van der Waals surface area contributed by atoms with E-state index in [9.17, 15) is 0 Å². The third-order valence-corrected chi connectivity index (χ3v) is 5.00. The molecule has 2 saturated heterocycles. The fraction of sp³-hybridized carbons (Fsp3) is 1.00. The van der Waals surface area contributed by atoms with Crippen molar-refractivity contribution in [3.8, 4) is 0 Å². The molecule has 0 aromatic carbocycles. The highest BCUT2D eigenvalue weighted by Crippen LogP contribution is 2.37. The van der Waals surface area contributed by atoms with Crippen molar-refractivity contribution in [3.63, 3.8) is 0 Å². The van der Waals surface area contributed by atoms with Crippen LogP contribution in [0.3, 0.4) is 0 Å². The molecule has 0 bridgehead atoms. The lowest BCUT2D eigenvalue weighted by molar-refractivity contribution is 0.00756. The number of nitrogens with one attached hydrogen (secondary N) is 1. The van der Waals surface area contributed by atoms with Crippen LogP contribution in [0.2, 0.25) is 0 Å². The average Bonchev–Trinajstić information content (AvgIpc) is 3.11. The lowest BCUT2D eigenvalue weighted by Crippen LogP contribution is -2.64. The molecule has 0 amide bonds. The lowest BCUT2D eigenvalue weighted by Gasteiger charge is -2.48. The fourth-order valence-corrected chi connectivity index (χ4v) is 3.55. The summed E-state index contributed by atoms with van der Waals surface area (Å²) in [5, 5.41) is 3.77. The van der Waals surface area contributed by atoms with E-state index < -0.39 is 0 Å². The maximum absolute atomic E-state index is 5.66. The Morgan fingerprint density at radius 1 is 1.41 bits per heavy atom. The van der Waals surface area contributed by atoms with Crippen molar-refractivity contribution in [2.24, 2.45) is 5.92 Å². The zero-order valence-corrected chi connectivity index (χ0v) is 11.2. The number of hydrogen-bond acceptors (Lipinski definition) is 3. The maximum Gasteiger partial charge on any atom is 0.0648 e. The van der Waals surface area contributed by atoms with E-state index in [1.54, 1.807) is 0 Å². The van der Waals surface area contributed by atoms with Crippen LogP contribution in [0.4, 0.5) is 0 Å². The summed E-state index contributed by atoms with van der Waals surface area (Å²) in [6.45, 7) is 9.01. The molecule has 3 rings (SSSR count). The van der Waals surface area contributed by atoms with Gasteiger partial charge in [-0.3, -0.25) is 4.90 Å². The molecule has 0 aromatic rings. The number of hydrogen-bond donors (Lipinski definition) is 1. The molecule has 3 aliphatic rings. The number of ether oxygens (including phenoxy) is 1. The summed E-state index contributed by atoms with van der Waals surface area (Å²) < 4.78 is 5.66. The van der Waals surface area contributed by atoms with Gasteiger partial charge in [0.2, 0.25) is 0 Å². The normalized spacial score (nSPS) is 44.1. The third-order valence-electron chi connectivity index (χ3n) is 5.00. The summed E-state index contributed by atoms with van der Waals surface area (Å²) in [7, 11) is 0. The molecule has 3 heteroatoms. The molecule has 3 unspecified atom stereocenters. The first kappa shape index (κ1) is 11.9. The standard InChI is InChI=1S/C14H26N2O/c1-3-12-8-15-13(11-4-5-11)9-16(12)14(2)6-7-17-10-14/h11-13,15H,3-10H2,1-2H3. The van der Waals surface area contributed by atoms with Crippen LogP contribution in [0.5, 0.6) is 0 Å². The zero-order chi connectivity index (χ0) is 11.9. The minimum Gasteiger partial charge on any atom is -0.379 e. The van der Waals surface area contributed by atoms with E-state index in [0.717, 1.165) is 25.2 Å². The number of piperazine rings is 1. The fourth-order valence-electron chi connectivity index (χ4n) is 3.55. The van der Waals surface area contributed by atoms with Gasteiger partial charge in [-0.1, -0.05) is 6.92 Å². The Kier molecular flexibility index (Phi) is 3.18. The van der Waals surface area contributed by atoms with Gasteiger partial charge >= 0.3 is 0 Å². The van der Waals surface area contributed by atoms with Gasteiger partial charge in [-0.2, -0.15) is 0 Å².